The summed E-state index contributed by atoms with van der Waals surface area (Å²) in [6, 6.07) is 0. The van der Waals surface area contributed by atoms with E-state index in [9.17, 15) is 9.13 Å². The van der Waals surface area contributed by atoms with E-state index in [4.69, 9.17) is 39.0 Å². The molecule has 0 aliphatic carbocycles. The van der Waals surface area contributed by atoms with Crippen molar-refractivity contribution in [1.82, 2.24) is 39.0 Å². The number of alkyl halides is 2. The van der Waals surface area contributed by atoms with Gasteiger partial charge in [0, 0.05) is 0 Å². The Labute approximate surface area is 261 Å². The van der Waals surface area contributed by atoms with Gasteiger partial charge in [-0.15, -0.1) is 0 Å². The first-order valence-corrected chi connectivity index (χ1v) is 18.5. The normalized spacial score (nSPS) is 39.4. The number of nitrogens with two attached hydrogens (primary N) is 2. The topological polar surface area (TPSA) is 229 Å². The lowest BCUT2D eigenvalue weighted by atomic mass is 9.98. The maximum Gasteiger partial charge on any atom is 0.386 e. The van der Waals surface area contributed by atoms with Crippen molar-refractivity contribution < 1.29 is 45.5 Å². The fourth-order valence-corrected chi connectivity index (χ4v) is 8.49. The minimum Gasteiger partial charge on any atom is -0.382 e. The fourth-order valence-electron chi connectivity index (χ4n) is 5.48. The van der Waals surface area contributed by atoms with Gasteiger partial charge in [0.25, 0.3) is 0 Å². The van der Waals surface area contributed by atoms with Crippen LogP contribution in [0.1, 0.15) is 19.4 Å². The van der Waals surface area contributed by atoms with Gasteiger partial charge in [-0.2, -0.15) is 0 Å². The first-order chi connectivity index (χ1) is 21.3. The lowest BCUT2D eigenvalue weighted by Gasteiger charge is -2.31. The van der Waals surface area contributed by atoms with Crippen molar-refractivity contribution >= 4 is 72.1 Å². The number of anilines is 2. The third-order valence-electron chi connectivity index (χ3n) is 7.55. The molecule has 3 aliphatic heterocycles. The molecule has 4 aromatic rings. The molecule has 18 nitrogen and oxygen atoms in total. The van der Waals surface area contributed by atoms with Crippen LogP contribution in [0.3, 0.4) is 0 Å². The number of nitrogens with zero attached hydrogens (tertiary/aromatic N) is 8. The highest BCUT2D eigenvalue weighted by Crippen LogP contribution is 2.62. The SMILES string of the molecule is C[C@@]1(F)[C@@H]2O[P@](=O)(S)OC[C@H]3O[C@@H](n4cnc5c(N)ncnc54)[C@H](F)[C@@H]3OP(=O)(S)OC[C@H]2O[C@H]1n1cnc2c(N)ncnc21. The van der Waals surface area contributed by atoms with E-state index < -0.39 is 75.5 Å². The van der Waals surface area contributed by atoms with Gasteiger partial charge < -0.3 is 20.9 Å². The molecular formula is C21H24F2N10O8P2S2. The van der Waals surface area contributed by atoms with Crippen molar-refractivity contribution in [1.29, 1.82) is 0 Å². The highest BCUT2D eigenvalue weighted by molar-refractivity contribution is 8.44. The summed E-state index contributed by atoms with van der Waals surface area (Å²) in [6.07, 6.45) is -6.25. The zero-order valence-electron chi connectivity index (χ0n) is 22.8. The van der Waals surface area contributed by atoms with E-state index >= 15 is 8.78 Å². The van der Waals surface area contributed by atoms with E-state index in [-0.39, 0.29) is 34.0 Å². The second-order valence-corrected chi connectivity index (χ2v) is 16.2. The van der Waals surface area contributed by atoms with Gasteiger partial charge in [0.1, 0.15) is 48.1 Å². The zero-order valence-corrected chi connectivity index (χ0v) is 26.4. The molecule has 45 heavy (non-hydrogen) atoms. The van der Waals surface area contributed by atoms with Crippen molar-refractivity contribution in [2.75, 3.05) is 24.7 Å². The smallest absolute Gasteiger partial charge is 0.382 e. The largest absolute Gasteiger partial charge is 0.386 e. The maximum atomic E-state index is 16.6. The molecule has 7 rings (SSSR count). The van der Waals surface area contributed by atoms with Crippen LogP contribution in [0.2, 0.25) is 0 Å². The number of hydrogen-bond acceptors (Lipinski definition) is 16. The third-order valence-corrected chi connectivity index (χ3v) is 10.8. The summed E-state index contributed by atoms with van der Waals surface area (Å²) < 4.78 is 95.8. The van der Waals surface area contributed by atoms with Gasteiger partial charge in [0.15, 0.2) is 47.2 Å². The van der Waals surface area contributed by atoms with Crippen LogP contribution in [0, 0.1) is 0 Å². The molecule has 24 heteroatoms. The Morgan fingerprint density at radius 2 is 1.42 bits per heavy atom. The molecular weight excluding hydrogens is 684 g/mol. The lowest BCUT2D eigenvalue weighted by molar-refractivity contribution is -0.0577. The quantitative estimate of drug-likeness (QED) is 0.173. The van der Waals surface area contributed by atoms with Gasteiger partial charge in [-0.25, -0.2) is 47.8 Å². The summed E-state index contributed by atoms with van der Waals surface area (Å²) in [5, 5.41) is 0. The van der Waals surface area contributed by atoms with E-state index in [2.05, 4.69) is 54.4 Å². The van der Waals surface area contributed by atoms with Crippen LogP contribution >= 0.6 is 38.1 Å². The number of thiol groups is 2. The monoisotopic (exact) mass is 708 g/mol. The molecule has 0 saturated carbocycles. The number of imidazole rings is 2. The molecule has 10 atom stereocenters. The van der Waals surface area contributed by atoms with Gasteiger partial charge in [-0.3, -0.25) is 27.2 Å². The Morgan fingerprint density at radius 3 is 2.07 bits per heavy atom. The Balaban J connectivity index is 1.19. The van der Waals surface area contributed by atoms with Crippen LogP contribution in [0.25, 0.3) is 22.3 Å². The standard InChI is InChI=1S/C21H24F2N10O8P2S2/c1-21(23)14-9(39-20(21)33-7-31-12-16(25)27-5-29-18(12)33)3-37-42(34,44)40-13-8(2-36-43(35,45)41-14)38-19(10(13)22)32-6-30-11-15(24)26-4-28-17(11)32/h4-10,13-14,19-20H,2-3H2,1H3,(H,34,44)(H,35,45)(H2,24,26,28)(H2,25,27,29)/t8-,9-,10-,13-,14-,19-,20-,21-,42?,43-/m1/s1. The minimum absolute atomic E-state index is 0.0459. The van der Waals surface area contributed by atoms with E-state index in [0.29, 0.717) is 0 Å². The Bertz CT molecular complexity index is 1890. The minimum atomic E-state index is -4.43. The molecule has 0 bridgehead atoms. The van der Waals surface area contributed by atoms with Gasteiger partial charge >= 0.3 is 13.6 Å². The molecule has 0 radical (unpaired) electrons. The molecule has 4 N–H and O–H groups in total. The fraction of sp³-hybridized carbons (Fsp3) is 0.524. The van der Waals surface area contributed by atoms with Crippen LogP contribution in [0.5, 0.6) is 0 Å². The average molecular weight is 709 g/mol. The van der Waals surface area contributed by atoms with E-state index in [1.54, 1.807) is 0 Å². The van der Waals surface area contributed by atoms with Crippen LogP contribution in [0.15, 0.2) is 25.3 Å². The summed E-state index contributed by atoms with van der Waals surface area (Å²) in [5.74, 6) is 0.0951. The van der Waals surface area contributed by atoms with Gasteiger partial charge in [0.05, 0.1) is 25.9 Å². The molecule has 242 valence electrons. The van der Waals surface area contributed by atoms with Crippen molar-refractivity contribution in [3.8, 4) is 0 Å². The number of halogens is 2. The zero-order chi connectivity index (χ0) is 31.9. The summed E-state index contributed by atoms with van der Waals surface area (Å²) >= 11 is 8.04. The Hall–Kier alpha value is -2.52. The number of aromatic nitrogens is 8. The van der Waals surface area contributed by atoms with Gasteiger partial charge in [-0.1, -0.05) is 24.5 Å². The number of rotatable bonds is 2. The van der Waals surface area contributed by atoms with Gasteiger partial charge in [0.2, 0.25) is 0 Å². The predicted octanol–water partition coefficient (Wildman–Crippen LogP) is 2.58. The van der Waals surface area contributed by atoms with E-state index in [1.807, 2.05) is 0 Å². The molecule has 3 fully saturated rings. The van der Waals surface area contributed by atoms with Crippen molar-refractivity contribution in [3.05, 3.63) is 25.3 Å². The summed E-state index contributed by atoms with van der Waals surface area (Å²) in [5.41, 5.74) is 9.88. The molecule has 4 aromatic heterocycles. The first-order valence-electron chi connectivity index (χ1n) is 13.1. The maximum absolute atomic E-state index is 16.6. The second-order valence-electron chi connectivity index (χ2n) is 10.5. The first kappa shape index (κ1) is 31.1. The number of ether oxygens (including phenoxy) is 2. The molecule has 3 saturated heterocycles. The average Bonchev–Trinajstić information content (AvgIpc) is 3.72. The van der Waals surface area contributed by atoms with Crippen molar-refractivity contribution in [2.45, 2.75) is 55.6 Å². The highest BCUT2D eigenvalue weighted by atomic mass is 32.7. The molecule has 0 aromatic carbocycles. The summed E-state index contributed by atoms with van der Waals surface area (Å²) in [7, 11) is 0. The van der Waals surface area contributed by atoms with Gasteiger partial charge in [-0.05, 0) is 6.92 Å². The van der Waals surface area contributed by atoms with Crippen LogP contribution in [-0.2, 0) is 36.7 Å². The van der Waals surface area contributed by atoms with Crippen LogP contribution in [-0.4, -0.2) is 88.5 Å². The molecule has 0 amide bonds. The lowest BCUT2D eigenvalue weighted by Crippen LogP contribution is -2.42. The number of hydrogen-bond donors (Lipinski definition) is 4. The van der Waals surface area contributed by atoms with E-state index in [0.717, 1.165) is 19.6 Å². The summed E-state index contributed by atoms with van der Waals surface area (Å²) in [6.45, 7) is -9.04. The van der Waals surface area contributed by atoms with Crippen molar-refractivity contribution in [2.24, 2.45) is 0 Å². The van der Waals surface area contributed by atoms with Crippen LogP contribution in [0.4, 0.5) is 20.4 Å². The van der Waals surface area contributed by atoms with Crippen molar-refractivity contribution in [3.63, 3.8) is 0 Å². The van der Waals surface area contributed by atoms with Crippen LogP contribution < -0.4 is 11.5 Å². The second kappa shape index (κ2) is 11.0. The molecule has 1 unspecified atom stereocenters. The van der Waals surface area contributed by atoms with E-state index in [1.165, 1.54) is 21.8 Å². The highest BCUT2D eigenvalue weighted by Gasteiger charge is 2.60. The summed E-state index contributed by atoms with van der Waals surface area (Å²) in [4.78, 5) is 24.1. The molecule has 0 spiro atoms. The number of nitrogen functional groups attached to an aromatic ring is 2. The predicted molar refractivity (Wildman–Crippen MR) is 157 cm³/mol. The molecule has 7 heterocycles. The third kappa shape index (κ3) is 5.39. The number of fused-ring (bicyclic) bond motifs is 4. The molecule has 3 aliphatic rings. The Kier molecular flexibility index (Phi) is 7.63. The Morgan fingerprint density at radius 1 is 0.867 bits per heavy atom.